The summed E-state index contributed by atoms with van der Waals surface area (Å²) in [6.45, 7) is 1.62. The van der Waals surface area contributed by atoms with Crippen LogP contribution < -0.4 is 15.4 Å². The van der Waals surface area contributed by atoms with Crippen LogP contribution in [0.5, 0.6) is 5.75 Å². The van der Waals surface area contributed by atoms with E-state index in [1.807, 2.05) is 0 Å². The highest BCUT2D eigenvalue weighted by atomic mass is 19.4. The number of hydrogen-bond donors (Lipinski definition) is 4. The normalized spacial score (nSPS) is 13.9. The summed E-state index contributed by atoms with van der Waals surface area (Å²) in [6, 6.07) is 6.23. The van der Waals surface area contributed by atoms with Gasteiger partial charge in [-0.25, -0.2) is 9.59 Å². The van der Waals surface area contributed by atoms with E-state index in [2.05, 4.69) is 10.6 Å². The van der Waals surface area contributed by atoms with Gasteiger partial charge in [0.05, 0.1) is 6.10 Å². The summed E-state index contributed by atoms with van der Waals surface area (Å²) in [4.78, 5) is 43.2. The maximum absolute atomic E-state index is 12.1. The Morgan fingerprint density at radius 1 is 1.03 bits per heavy atom. The second-order valence-electron chi connectivity index (χ2n) is 6.79. The monoisotopic (exact) mass is 478 g/mol. The highest BCUT2D eigenvalue weighted by Crippen LogP contribution is 2.14. The number of halogens is 3. The molecule has 0 radical (unpaired) electrons. The molecule has 1 aliphatic heterocycles. The fraction of sp³-hybridized carbons (Fsp3) is 0.500. The highest BCUT2D eigenvalue weighted by Gasteiger charge is 2.38. The fourth-order valence-electron chi connectivity index (χ4n) is 2.55. The number of piperidine rings is 1. The first-order chi connectivity index (χ1) is 15.5. The predicted molar refractivity (Wildman–Crippen MR) is 107 cm³/mol. The number of Topliss-reactive ketones (excluding diaryl/α,β-unsaturated/α-hetero) is 1. The number of ketones is 1. The summed E-state index contributed by atoms with van der Waals surface area (Å²) >= 11 is 0. The molecule has 1 aliphatic rings. The minimum absolute atomic E-state index is 0.00840. The number of rotatable bonds is 10. The zero-order chi connectivity index (χ0) is 24.9. The van der Waals surface area contributed by atoms with Crippen molar-refractivity contribution in [1.82, 2.24) is 10.6 Å². The topological polar surface area (TPSA) is 151 Å². The summed E-state index contributed by atoms with van der Waals surface area (Å²) in [5.74, 6) is -3.78. The molecule has 1 amide bonds. The number of carbonyl (C=O) groups is 4. The van der Waals surface area contributed by atoms with Crippen LogP contribution in [0.2, 0.25) is 0 Å². The van der Waals surface area contributed by atoms with E-state index in [4.69, 9.17) is 24.5 Å². The van der Waals surface area contributed by atoms with Crippen molar-refractivity contribution in [3.05, 3.63) is 29.8 Å². The van der Waals surface area contributed by atoms with Gasteiger partial charge in [-0.3, -0.25) is 9.59 Å². The lowest BCUT2D eigenvalue weighted by Crippen LogP contribution is -2.36. The van der Waals surface area contributed by atoms with Crippen molar-refractivity contribution in [1.29, 1.82) is 0 Å². The summed E-state index contributed by atoms with van der Waals surface area (Å²) in [7, 11) is 0. The van der Waals surface area contributed by atoms with E-state index in [0.29, 0.717) is 11.3 Å². The zero-order valence-corrected chi connectivity index (χ0v) is 17.5. The van der Waals surface area contributed by atoms with E-state index in [1.54, 1.807) is 24.3 Å². The minimum atomic E-state index is -5.08. The number of hydrogen-bond acceptors (Lipinski definition) is 7. The van der Waals surface area contributed by atoms with E-state index >= 15 is 0 Å². The number of nitrogens with one attached hydrogen (secondary N) is 2. The van der Waals surface area contributed by atoms with E-state index in [9.17, 15) is 27.6 Å². The summed E-state index contributed by atoms with van der Waals surface area (Å²) in [6.07, 6.45) is -2.99. The summed E-state index contributed by atoms with van der Waals surface area (Å²) in [5.41, 5.74) is 0.480. The van der Waals surface area contributed by atoms with Gasteiger partial charge in [0.25, 0.3) is 0 Å². The Balaban J connectivity index is 0.000000675. The Morgan fingerprint density at radius 3 is 2.12 bits per heavy atom. The first kappa shape index (κ1) is 27.8. The van der Waals surface area contributed by atoms with Crippen molar-refractivity contribution in [2.75, 3.05) is 32.8 Å². The first-order valence-electron chi connectivity index (χ1n) is 9.86. The number of ether oxygens (including phenoxy) is 2. The zero-order valence-electron chi connectivity index (χ0n) is 17.5. The fourth-order valence-corrected chi connectivity index (χ4v) is 2.55. The molecule has 33 heavy (non-hydrogen) atoms. The van der Waals surface area contributed by atoms with E-state index in [-0.39, 0.29) is 37.4 Å². The number of benzene rings is 1. The summed E-state index contributed by atoms with van der Waals surface area (Å²) < 4.78 is 42.3. The van der Waals surface area contributed by atoms with Crippen molar-refractivity contribution in [2.24, 2.45) is 0 Å². The van der Waals surface area contributed by atoms with E-state index in [0.717, 1.165) is 25.9 Å². The van der Waals surface area contributed by atoms with Crippen molar-refractivity contribution >= 4 is 23.6 Å². The van der Waals surface area contributed by atoms with Crippen LogP contribution in [-0.4, -0.2) is 79.0 Å². The average molecular weight is 478 g/mol. The van der Waals surface area contributed by atoms with Gasteiger partial charge in [-0.1, -0.05) is 0 Å². The molecule has 0 spiro atoms. The second-order valence-corrected chi connectivity index (χ2v) is 6.79. The van der Waals surface area contributed by atoms with Gasteiger partial charge in [-0.2, -0.15) is 13.2 Å². The Bertz CT molecular complexity index is 793. The molecule has 0 saturated carbocycles. The summed E-state index contributed by atoms with van der Waals surface area (Å²) in [5, 5.41) is 21.6. The molecule has 0 aromatic heterocycles. The molecule has 0 unspecified atom stereocenters. The Morgan fingerprint density at radius 2 is 1.61 bits per heavy atom. The van der Waals surface area contributed by atoms with Crippen LogP contribution in [0.15, 0.2) is 24.3 Å². The van der Waals surface area contributed by atoms with Crippen LogP contribution in [-0.2, 0) is 19.1 Å². The van der Waals surface area contributed by atoms with Gasteiger partial charge in [-0.15, -0.1) is 0 Å². The number of carboxylic acids is 2. The van der Waals surface area contributed by atoms with Gasteiger partial charge in [0, 0.05) is 18.5 Å². The molecule has 1 heterocycles. The standard InChI is InChI=1S/C18H24N2O6.C2HF3O2/c21-16(13-1-3-14(4-2-13)26-12-18(23)24)7-10-20-17(22)11-25-15-5-8-19-9-6-15;3-2(4,5)1(6)7/h1-4,15,19H,5-12H2,(H,20,22)(H,23,24);(H,6,7). The van der Waals surface area contributed by atoms with Gasteiger partial charge >= 0.3 is 18.1 Å². The van der Waals surface area contributed by atoms with Crippen molar-refractivity contribution in [2.45, 2.75) is 31.5 Å². The number of carbonyl (C=O) groups excluding carboxylic acids is 2. The van der Waals surface area contributed by atoms with Crippen molar-refractivity contribution in [3.8, 4) is 5.75 Å². The predicted octanol–water partition coefficient (Wildman–Crippen LogP) is 1.24. The third kappa shape index (κ3) is 12.4. The smallest absolute Gasteiger partial charge is 0.482 e. The maximum atomic E-state index is 12.1. The molecule has 1 aromatic rings. The van der Waals surface area contributed by atoms with Gasteiger partial charge < -0.3 is 30.3 Å². The lowest BCUT2D eigenvalue weighted by Gasteiger charge is -2.22. The Hall–Kier alpha value is -3.19. The third-order valence-electron chi connectivity index (χ3n) is 4.19. The molecular formula is C20H25F3N2O8. The van der Waals surface area contributed by atoms with Gasteiger partial charge in [0.15, 0.2) is 12.4 Å². The highest BCUT2D eigenvalue weighted by molar-refractivity contribution is 5.96. The Labute approximate surface area is 187 Å². The first-order valence-corrected chi connectivity index (χ1v) is 9.86. The molecule has 0 bridgehead atoms. The van der Waals surface area contributed by atoms with Gasteiger partial charge in [0.2, 0.25) is 5.91 Å². The number of aliphatic carboxylic acids is 2. The molecule has 13 heteroatoms. The second kappa shape index (κ2) is 14.1. The molecular weight excluding hydrogens is 453 g/mol. The van der Waals surface area contributed by atoms with E-state index in [1.165, 1.54) is 0 Å². The lowest BCUT2D eigenvalue weighted by atomic mass is 10.1. The number of carboxylic acid groups (broad SMARTS) is 2. The van der Waals surface area contributed by atoms with Crippen LogP contribution in [0.3, 0.4) is 0 Å². The van der Waals surface area contributed by atoms with Crippen LogP contribution in [0.1, 0.15) is 29.6 Å². The third-order valence-corrected chi connectivity index (χ3v) is 4.19. The van der Waals surface area contributed by atoms with Gasteiger partial charge in [0.1, 0.15) is 12.4 Å². The minimum Gasteiger partial charge on any atom is -0.482 e. The molecule has 0 atom stereocenters. The Kier molecular flexibility index (Phi) is 11.9. The molecule has 4 N–H and O–H groups in total. The molecule has 184 valence electrons. The van der Waals surface area contributed by atoms with Crippen LogP contribution in [0.25, 0.3) is 0 Å². The molecule has 10 nitrogen and oxygen atoms in total. The van der Waals surface area contributed by atoms with Crippen molar-refractivity contribution in [3.63, 3.8) is 0 Å². The van der Waals surface area contributed by atoms with Crippen LogP contribution >= 0.6 is 0 Å². The quantitative estimate of drug-likeness (QED) is 0.364. The maximum Gasteiger partial charge on any atom is 0.490 e. The largest absolute Gasteiger partial charge is 0.490 e. The molecule has 0 aliphatic carbocycles. The van der Waals surface area contributed by atoms with Gasteiger partial charge in [-0.05, 0) is 50.2 Å². The van der Waals surface area contributed by atoms with Crippen molar-refractivity contribution < 1.29 is 52.0 Å². The average Bonchev–Trinajstić information content (AvgIpc) is 2.77. The molecule has 1 fully saturated rings. The number of amides is 1. The SMILES string of the molecule is O=C(O)C(F)(F)F.O=C(O)COc1ccc(C(=O)CCNC(=O)COC2CCNCC2)cc1. The van der Waals surface area contributed by atoms with Crippen LogP contribution in [0.4, 0.5) is 13.2 Å². The molecule has 1 aromatic carbocycles. The number of alkyl halides is 3. The molecule has 1 saturated heterocycles. The molecule has 2 rings (SSSR count). The van der Waals surface area contributed by atoms with Crippen LogP contribution in [0, 0.1) is 0 Å². The van der Waals surface area contributed by atoms with E-state index < -0.39 is 24.7 Å². The lowest BCUT2D eigenvalue weighted by molar-refractivity contribution is -0.192.